The topological polar surface area (TPSA) is 67.6 Å². The number of nitrogens with zero attached hydrogens (tertiary/aromatic N) is 1. The van der Waals surface area contributed by atoms with Gasteiger partial charge in [0.05, 0.1) is 0 Å². The molecule has 1 saturated heterocycles. The van der Waals surface area contributed by atoms with Crippen LogP contribution >= 0.6 is 0 Å². The first kappa shape index (κ1) is 12.3. The summed E-state index contributed by atoms with van der Waals surface area (Å²) >= 11 is 0. The van der Waals surface area contributed by atoms with Gasteiger partial charge in [-0.15, -0.1) is 0 Å². The Morgan fingerprint density at radius 1 is 1.37 bits per heavy atom. The largest absolute Gasteiger partial charge is 0.441 e. The van der Waals surface area contributed by atoms with Crippen LogP contribution in [-0.4, -0.2) is 32.3 Å². The highest BCUT2D eigenvalue weighted by Crippen LogP contribution is 2.36. The summed E-state index contributed by atoms with van der Waals surface area (Å²) in [6.45, 7) is 4.05. The number of aryl methyl sites for hydroxylation is 1. The molecule has 3 rings (SSSR count). The van der Waals surface area contributed by atoms with Crippen LogP contribution < -0.4 is 16.0 Å². The highest BCUT2D eigenvalue weighted by atomic mass is 16.6. The molecule has 1 unspecified atom stereocenters. The van der Waals surface area contributed by atoms with Crippen molar-refractivity contribution in [3.05, 3.63) is 29.3 Å². The number of amides is 1. The Kier molecular flexibility index (Phi) is 3.29. The monoisotopic (exact) mass is 261 g/mol. The van der Waals surface area contributed by atoms with Crippen molar-refractivity contribution in [3.63, 3.8) is 0 Å². The van der Waals surface area contributed by atoms with E-state index in [1.54, 1.807) is 0 Å². The van der Waals surface area contributed by atoms with Gasteiger partial charge in [0.2, 0.25) is 0 Å². The summed E-state index contributed by atoms with van der Waals surface area (Å²) in [6, 6.07) is 6.47. The molecule has 1 atom stereocenters. The Labute approximate surface area is 112 Å². The maximum absolute atomic E-state index is 10.9. The minimum atomic E-state index is -0.689. The molecule has 5 heteroatoms. The third-order valence-corrected chi connectivity index (χ3v) is 3.89. The SMILES string of the molecule is NC(=O)OC1CCc2ccc(N3CCNCC3)cc21. The van der Waals surface area contributed by atoms with Crippen LogP contribution in [0.4, 0.5) is 10.5 Å². The van der Waals surface area contributed by atoms with Crippen molar-refractivity contribution >= 4 is 11.8 Å². The van der Waals surface area contributed by atoms with Gasteiger partial charge in [-0.3, -0.25) is 0 Å². The summed E-state index contributed by atoms with van der Waals surface area (Å²) in [6.07, 6.45) is 0.930. The van der Waals surface area contributed by atoms with Gasteiger partial charge in [0.1, 0.15) is 6.10 Å². The van der Waals surface area contributed by atoms with Crippen LogP contribution in [-0.2, 0) is 11.2 Å². The van der Waals surface area contributed by atoms with Gasteiger partial charge in [-0.2, -0.15) is 0 Å². The molecule has 5 nitrogen and oxygen atoms in total. The summed E-state index contributed by atoms with van der Waals surface area (Å²) in [5.74, 6) is 0. The zero-order valence-electron chi connectivity index (χ0n) is 10.9. The average Bonchev–Trinajstić information content (AvgIpc) is 2.82. The van der Waals surface area contributed by atoms with Crippen molar-refractivity contribution < 1.29 is 9.53 Å². The predicted molar refractivity (Wildman–Crippen MR) is 73.3 cm³/mol. The molecule has 1 aliphatic carbocycles. The standard InChI is InChI=1S/C14H19N3O2/c15-14(18)19-13-4-2-10-1-3-11(9-12(10)13)17-7-5-16-6-8-17/h1,3,9,13,16H,2,4-8H2,(H2,15,18). The second kappa shape index (κ2) is 5.09. The molecule has 1 heterocycles. The lowest BCUT2D eigenvalue weighted by molar-refractivity contribution is 0.107. The smallest absolute Gasteiger partial charge is 0.405 e. The molecule has 1 fully saturated rings. The van der Waals surface area contributed by atoms with Crippen molar-refractivity contribution in [1.29, 1.82) is 0 Å². The van der Waals surface area contributed by atoms with E-state index in [9.17, 15) is 4.79 Å². The van der Waals surface area contributed by atoms with E-state index in [4.69, 9.17) is 10.5 Å². The zero-order valence-corrected chi connectivity index (χ0v) is 10.9. The molecule has 2 aliphatic rings. The maximum Gasteiger partial charge on any atom is 0.405 e. The Morgan fingerprint density at radius 3 is 2.89 bits per heavy atom. The van der Waals surface area contributed by atoms with Crippen LogP contribution in [0.2, 0.25) is 0 Å². The summed E-state index contributed by atoms with van der Waals surface area (Å²) in [5.41, 5.74) is 8.73. The summed E-state index contributed by atoms with van der Waals surface area (Å²) in [5, 5.41) is 3.34. The van der Waals surface area contributed by atoms with Crippen molar-refractivity contribution in [2.75, 3.05) is 31.1 Å². The predicted octanol–water partition coefficient (Wildman–Crippen LogP) is 1.18. The van der Waals surface area contributed by atoms with E-state index in [2.05, 4.69) is 28.4 Å². The highest BCUT2D eigenvalue weighted by molar-refractivity contribution is 5.65. The van der Waals surface area contributed by atoms with Gasteiger partial charge in [-0.1, -0.05) is 6.07 Å². The van der Waals surface area contributed by atoms with Gasteiger partial charge < -0.3 is 20.7 Å². The third-order valence-electron chi connectivity index (χ3n) is 3.89. The fourth-order valence-corrected chi connectivity index (χ4v) is 2.93. The molecule has 3 N–H and O–H groups in total. The number of carbonyl (C=O) groups is 1. The number of benzene rings is 1. The van der Waals surface area contributed by atoms with E-state index in [1.165, 1.54) is 11.3 Å². The fraction of sp³-hybridized carbons (Fsp3) is 0.500. The second-order valence-corrected chi connectivity index (χ2v) is 5.08. The molecule has 1 aromatic carbocycles. The number of primary amides is 1. The van der Waals surface area contributed by atoms with Gasteiger partial charge in [0.15, 0.2) is 0 Å². The molecule has 1 amide bonds. The van der Waals surface area contributed by atoms with Crippen molar-refractivity contribution in [2.24, 2.45) is 5.73 Å². The number of ether oxygens (including phenoxy) is 1. The van der Waals surface area contributed by atoms with Gasteiger partial charge in [-0.05, 0) is 36.1 Å². The minimum absolute atomic E-state index is 0.171. The first-order valence-electron chi connectivity index (χ1n) is 6.78. The molecule has 0 radical (unpaired) electrons. The Morgan fingerprint density at radius 2 is 2.16 bits per heavy atom. The van der Waals surface area contributed by atoms with Crippen molar-refractivity contribution in [3.8, 4) is 0 Å². The van der Waals surface area contributed by atoms with E-state index >= 15 is 0 Å². The number of piperazine rings is 1. The lowest BCUT2D eigenvalue weighted by atomic mass is 10.1. The maximum atomic E-state index is 10.9. The molecule has 19 heavy (non-hydrogen) atoms. The number of anilines is 1. The van der Waals surface area contributed by atoms with E-state index in [-0.39, 0.29) is 6.10 Å². The van der Waals surface area contributed by atoms with E-state index in [0.717, 1.165) is 44.6 Å². The molecule has 0 saturated carbocycles. The van der Waals surface area contributed by atoms with Crippen LogP contribution in [0.5, 0.6) is 0 Å². The number of hydrogen-bond acceptors (Lipinski definition) is 4. The molecule has 1 aliphatic heterocycles. The average molecular weight is 261 g/mol. The van der Waals surface area contributed by atoms with Gasteiger partial charge >= 0.3 is 6.09 Å². The summed E-state index contributed by atoms with van der Waals surface area (Å²) < 4.78 is 5.19. The van der Waals surface area contributed by atoms with E-state index < -0.39 is 6.09 Å². The van der Waals surface area contributed by atoms with Gasteiger partial charge in [0, 0.05) is 31.9 Å². The number of hydrogen-bond donors (Lipinski definition) is 2. The van der Waals surface area contributed by atoms with Crippen LogP contribution in [0.25, 0.3) is 0 Å². The molecular weight excluding hydrogens is 242 g/mol. The van der Waals surface area contributed by atoms with E-state index in [1.807, 2.05) is 0 Å². The second-order valence-electron chi connectivity index (χ2n) is 5.08. The van der Waals surface area contributed by atoms with Crippen LogP contribution in [0.3, 0.4) is 0 Å². The highest BCUT2D eigenvalue weighted by Gasteiger charge is 2.26. The molecule has 0 aromatic heterocycles. The molecule has 0 bridgehead atoms. The molecule has 1 aromatic rings. The lowest BCUT2D eigenvalue weighted by Crippen LogP contribution is -2.43. The van der Waals surface area contributed by atoms with Crippen LogP contribution in [0, 0.1) is 0 Å². The van der Waals surface area contributed by atoms with Crippen LogP contribution in [0.15, 0.2) is 18.2 Å². The lowest BCUT2D eigenvalue weighted by Gasteiger charge is -2.30. The Hall–Kier alpha value is -1.75. The quantitative estimate of drug-likeness (QED) is 0.839. The number of nitrogens with two attached hydrogens (primary N) is 1. The Balaban J connectivity index is 1.83. The van der Waals surface area contributed by atoms with Crippen molar-refractivity contribution in [2.45, 2.75) is 18.9 Å². The molecular formula is C14H19N3O2. The number of rotatable bonds is 2. The number of fused-ring (bicyclic) bond motifs is 1. The van der Waals surface area contributed by atoms with Gasteiger partial charge in [0.25, 0.3) is 0 Å². The van der Waals surface area contributed by atoms with Crippen molar-refractivity contribution in [1.82, 2.24) is 5.32 Å². The Bertz CT molecular complexity index is 484. The number of carbonyl (C=O) groups excluding carboxylic acids is 1. The summed E-state index contributed by atoms with van der Waals surface area (Å²) in [7, 11) is 0. The molecule has 0 spiro atoms. The first-order valence-corrected chi connectivity index (χ1v) is 6.78. The first-order chi connectivity index (χ1) is 9.24. The third kappa shape index (κ3) is 2.51. The molecule has 102 valence electrons. The summed E-state index contributed by atoms with van der Waals surface area (Å²) in [4.78, 5) is 13.3. The minimum Gasteiger partial charge on any atom is -0.441 e. The van der Waals surface area contributed by atoms with E-state index in [0.29, 0.717) is 0 Å². The van der Waals surface area contributed by atoms with Gasteiger partial charge in [-0.25, -0.2) is 4.79 Å². The zero-order chi connectivity index (χ0) is 13.2. The number of nitrogens with one attached hydrogen (secondary N) is 1. The van der Waals surface area contributed by atoms with Crippen LogP contribution in [0.1, 0.15) is 23.7 Å². The fourth-order valence-electron chi connectivity index (χ4n) is 2.93. The normalized spacial score (nSPS) is 22.1.